The normalized spacial score (nSPS) is 10.7. The number of nitrogens with one attached hydrogen (secondary N) is 1. The lowest BCUT2D eigenvalue weighted by atomic mass is 10.1. The molecule has 0 aliphatic carbocycles. The van der Waals surface area contributed by atoms with E-state index in [-0.39, 0.29) is 12.3 Å². The van der Waals surface area contributed by atoms with E-state index in [1.165, 1.54) is 4.68 Å². The fraction of sp³-hybridized carbons (Fsp3) is 0.136. The van der Waals surface area contributed by atoms with E-state index in [9.17, 15) is 4.79 Å². The first kappa shape index (κ1) is 18.5. The summed E-state index contributed by atoms with van der Waals surface area (Å²) in [6.07, 6.45) is 1.77. The van der Waals surface area contributed by atoms with E-state index in [1.807, 2.05) is 54.6 Å². The van der Waals surface area contributed by atoms with Crippen molar-refractivity contribution in [1.82, 2.24) is 14.8 Å². The van der Waals surface area contributed by atoms with Crippen molar-refractivity contribution < 1.29 is 13.9 Å². The molecule has 0 saturated carbocycles. The summed E-state index contributed by atoms with van der Waals surface area (Å²) in [6, 6.07) is 20.7. The molecule has 0 unspecified atom stereocenters. The van der Waals surface area contributed by atoms with E-state index >= 15 is 0 Å². The molecule has 2 aromatic carbocycles. The van der Waals surface area contributed by atoms with Crippen LogP contribution in [0.2, 0.25) is 0 Å². The number of methoxy groups -OCH3 is 1. The summed E-state index contributed by atoms with van der Waals surface area (Å²) >= 11 is 0. The number of aromatic nitrogens is 3. The van der Waals surface area contributed by atoms with Crippen LogP contribution in [0, 0.1) is 0 Å². The van der Waals surface area contributed by atoms with Crippen molar-refractivity contribution in [2.75, 3.05) is 12.4 Å². The number of carbonyl (C=O) groups is 1. The molecule has 0 radical (unpaired) electrons. The predicted octanol–water partition coefficient (Wildman–Crippen LogP) is 4.04. The van der Waals surface area contributed by atoms with Crippen LogP contribution in [-0.2, 0) is 13.0 Å². The fourth-order valence-corrected chi connectivity index (χ4v) is 2.88. The van der Waals surface area contributed by atoms with Crippen LogP contribution < -0.4 is 10.1 Å². The van der Waals surface area contributed by atoms with Crippen LogP contribution in [0.3, 0.4) is 0 Å². The minimum Gasteiger partial charge on any atom is -0.497 e. The standard InChI is InChI=1S/C22H20N4O3/c1-28-18-11-9-17(10-12-18)15-23-22-24-21(19-8-5-13-29-19)25-26(22)20(27)14-16-6-3-2-4-7-16/h2-13H,14-15H2,1H3,(H,23,24,25). The molecule has 0 aliphatic rings. The molecule has 0 spiro atoms. The molecule has 4 rings (SSSR count). The Morgan fingerprint density at radius 2 is 1.83 bits per heavy atom. The van der Waals surface area contributed by atoms with E-state index < -0.39 is 0 Å². The summed E-state index contributed by atoms with van der Waals surface area (Å²) in [5, 5.41) is 7.57. The maximum absolute atomic E-state index is 12.9. The fourth-order valence-electron chi connectivity index (χ4n) is 2.88. The zero-order chi connectivity index (χ0) is 20.1. The van der Waals surface area contributed by atoms with Crippen molar-refractivity contribution >= 4 is 11.9 Å². The van der Waals surface area contributed by atoms with Crippen molar-refractivity contribution in [1.29, 1.82) is 0 Å². The number of rotatable bonds is 7. The van der Waals surface area contributed by atoms with Crippen LogP contribution in [0.5, 0.6) is 5.75 Å². The Bertz CT molecular complexity index is 1070. The Balaban J connectivity index is 1.57. The van der Waals surface area contributed by atoms with Gasteiger partial charge < -0.3 is 14.5 Å². The summed E-state index contributed by atoms with van der Waals surface area (Å²) in [4.78, 5) is 17.4. The summed E-state index contributed by atoms with van der Waals surface area (Å²) < 4.78 is 11.9. The first-order valence-electron chi connectivity index (χ1n) is 9.18. The summed E-state index contributed by atoms with van der Waals surface area (Å²) in [6.45, 7) is 0.485. The molecule has 0 atom stereocenters. The monoisotopic (exact) mass is 388 g/mol. The highest BCUT2D eigenvalue weighted by Gasteiger charge is 2.18. The van der Waals surface area contributed by atoms with Gasteiger partial charge in [-0.15, -0.1) is 5.10 Å². The third-order valence-electron chi connectivity index (χ3n) is 4.39. The van der Waals surface area contributed by atoms with Gasteiger partial charge in [-0.1, -0.05) is 42.5 Å². The van der Waals surface area contributed by atoms with Gasteiger partial charge in [0.05, 0.1) is 19.8 Å². The quantitative estimate of drug-likeness (QED) is 0.514. The van der Waals surface area contributed by atoms with Gasteiger partial charge in [-0.2, -0.15) is 9.67 Å². The molecule has 2 aromatic heterocycles. The number of ether oxygens (including phenoxy) is 1. The molecule has 2 heterocycles. The van der Waals surface area contributed by atoms with Crippen LogP contribution in [0.15, 0.2) is 77.4 Å². The molecule has 0 aliphatic heterocycles. The lowest BCUT2D eigenvalue weighted by Gasteiger charge is -2.08. The highest BCUT2D eigenvalue weighted by atomic mass is 16.5. The second-order valence-corrected chi connectivity index (χ2v) is 6.41. The van der Waals surface area contributed by atoms with Gasteiger partial charge in [0.2, 0.25) is 11.8 Å². The molecule has 0 amide bonds. The molecule has 0 bridgehead atoms. The van der Waals surface area contributed by atoms with Gasteiger partial charge in [0.25, 0.3) is 5.91 Å². The zero-order valence-electron chi connectivity index (χ0n) is 15.9. The SMILES string of the molecule is COc1ccc(CNc2nc(-c3ccco3)nn2C(=O)Cc2ccccc2)cc1. The number of carbonyl (C=O) groups excluding carboxylic acids is 1. The molecular weight excluding hydrogens is 368 g/mol. The summed E-state index contributed by atoms with van der Waals surface area (Å²) in [7, 11) is 1.63. The van der Waals surface area contributed by atoms with Gasteiger partial charge in [-0.3, -0.25) is 4.79 Å². The molecule has 0 fully saturated rings. The van der Waals surface area contributed by atoms with Gasteiger partial charge in [0.1, 0.15) is 5.75 Å². The first-order chi connectivity index (χ1) is 14.2. The third kappa shape index (κ3) is 4.35. The zero-order valence-corrected chi connectivity index (χ0v) is 15.9. The minimum absolute atomic E-state index is 0.182. The lowest BCUT2D eigenvalue weighted by Crippen LogP contribution is -2.18. The highest BCUT2D eigenvalue weighted by Crippen LogP contribution is 2.20. The molecule has 7 heteroatoms. The number of hydrogen-bond acceptors (Lipinski definition) is 6. The van der Waals surface area contributed by atoms with Crippen molar-refractivity contribution in [2.45, 2.75) is 13.0 Å². The molecular formula is C22H20N4O3. The van der Waals surface area contributed by atoms with Crippen LogP contribution in [0.1, 0.15) is 15.9 Å². The molecule has 0 saturated heterocycles. The Morgan fingerprint density at radius 3 is 2.52 bits per heavy atom. The van der Waals surface area contributed by atoms with E-state index in [2.05, 4.69) is 15.4 Å². The number of anilines is 1. The van der Waals surface area contributed by atoms with Crippen LogP contribution in [0.25, 0.3) is 11.6 Å². The van der Waals surface area contributed by atoms with Crippen molar-refractivity contribution in [3.8, 4) is 17.3 Å². The number of nitrogens with zero attached hydrogens (tertiary/aromatic N) is 3. The Morgan fingerprint density at radius 1 is 1.03 bits per heavy atom. The van der Waals surface area contributed by atoms with E-state index in [0.29, 0.717) is 24.1 Å². The van der Waals surface area contributed by atoms with E-state index in [4.69, 9.17) is 9.15 Å². The second kappa shape index (κ2) is 8.43. The Labute approximate surface area is 168 Å². The maximum Gasteiger partial charge on any atom is 0.254 e. The second-order valence-electron chi connectivity index (χ2n) is 6.41. The third-order valence-corrected chi connectivity index (χ3v) is 4.39. The highest BCUT2D eigenvalue weighted by molar-refractivity contribution is 5.83. The van der Waals surface area contributed by atoms with Crippen LogP contribution in [0.4, 0.5) is 5.95 Å². The maximum atomic E-state index is 12.9. The average Bonchev–Trinajstić information content (AvgIpc) is 3.43. The van der Waals surface area contributed by atoms with Gasteiger partial charge in [0, 0.05) is 6.54 Å². The molecule has 29 heavy (non-hydrogen) atoms. The van der Waals surface area contributed by atoms with Crippen LogP contribution >= 0.6 is 0 Å². The lowest BCUT2D eigenvalue weighted by molar-refractivity contribution is 0.0901. The molecule has 1 N–H and O–H groups in total. The van der Waals surface area contributed by atoms with Gasteiger partial charge in [-0.05, 0) is 35.4 Å². The number of benzene rings is 2. The molecule has 146 valence electrons. The van der Waals surface area contributed by atoms with Crippen molar-refractivity contribution in [2.24, 2.45) is 0 Å². The Hall–Kier alpha value is -3.87. The number of hydrogen-bond donors (Lipinski definition) is 1. The Kier molecular flexibility index (Phi) is 5.38. The predicted molar refractivity (Wildman–Crippen MR) is 109 cm³/mol. The first-order valence-corrected chi connectivity index (χ1v) is 9.18. The average molecular weight is 388 g/mol. The van der Waals surface area contributed by atoms with Gasteiger partial charge in [-0.25, -0.2) is 0 Å². The van der Waals surface area contributed by atoms with Gasteiger partial charge in [0.15, 0.2) is 5.76 Å². The number of furan rings is 1. The summed E-state index contributed by atoms with van der Waals surface area (Å²) in [5.74, 6) is 1.83. The summed E-state index contributed by atoms with van der Waals surface area (Å²) in [5.41, 5.74) is 1.93. The molecule has 4 aromatic rings. The topological polar surface area (TPSA) is 82.2 Å². The van der Waals surface area contributed by atoms with Crippen LogP contribution in [-0.4, -0.2) is 27.8 Å². The van der Waals surface area contributed by atoms with E-state index in [0.717, 1.165) is 16.9 Å². The largest absolute Gasteiger partial charge is 0.497 e. The van der Waals surface area contributed by atoms with Crippen molar-refractivity contribution in [3.63, 3.8) is 0 Å². The van der Waals surface area contributed by atoms with Gasteiger partial charge >= 0.3 is 0 Å². The molecule has 7 nitrogen and oxygen atoms in total. The smallest absolute Gasteiger partial charge is 0.254 e. The van der Waals surface area contributed by atoms with Crippen molar-refractivity contribution in [3.05, 3.63) is 84.1 Å². The van der Waals surface area contributed by atoms with E-state index in [1.54, 1.807) is 25.5 Å². The minimum atomic E-state index is -0.182.